The molecule has 126 valence electrons. The number of esters is 1. The van der Waals surface area contributed by atoms with Gasteiger partial charge in [0.05, 0.1) is 18.9 Å². The fourth-order valence-corrected chi connectivity index (χ4v) is 3.28. The molecular formula is C18H26N2O3. The molecule has 0 saturated heterocycles. The zero-order valence-electron chi connectivity index (χ0n) is 13.9. The predicted molar refractivity (Wildman–Crippen MR) is 88.8 cm³/mol. The van der Waals surface area contributed by atoms with Crippen molar-refractivity contribution >= 4 is 11.9 Å². The first-order valence-corrected chi connectivity index (χ1v) is 8.15. The van der Waals surface area contributed by atoms with E-state index in [1.165, 1.54) is 7.11 Å². The van der Waals surface area contributed by atoms with E-state index in [-0.39, 0.29) is 24.3 Å². The Kier molecular flexibility index (Phi) is 5.77. The Balaban J connectivity index is 2.03. The highest BCUT2D eigenvalue weighted by atomic mass is 16.5. The number of methoxy groups -OCH3 is 1. The summed E-state index contributed by atoms with van der Waals surface area (Å²) in [4.78, 5) is 24.5. The summed E-state index contributed by atoms with van der Waals surface area (Å²) < 4.78 is 4.87. The highest BCUT2D eigenvalue weighted by molar-refractivity contribution is 5.82. The molecule has 1 aliphatic carbocycles. The summed E-state index contributed by atoms with van der Waals surface area (Å²) in [5.74, 6) is -1.13. The molecule has 0 aliphatic heterocycles. The molecular weight excluding hydrogens is 292 g/mol. The smallest absolute Gasteiger partial charge is 0.314 e. The molecule has 0 spiro atoms. The highest BCUT2D eigenvalue weighted by Crippen LogP contribution is 2.31. The highest BCUT2D eigenvalue weighted by Gasteiger charge is 2.38. The van der Waals surface area contributed by atoms with Crippen LogP contribution >= 0.6 is 0 Å². The van der Waals surface area contributed by atoms with Gasteiger partial charge in [-0.3, -0.25) is 9.59 Å². The molecule has 0 aromatic heterocycles. The van der Waals surface area contributed by atoms with Crippen LogP contribution in [0.25, 0.3) is 0 Å². The van der Waals surface area contributed by atoms with Crippen molar-refractivity contribution in [3.05, 3.63) is 35.9 Å². The summed E-state index contributed by atoms with van der Waals surface area (Å²) in [5.41, 5.74) is 6.63. The Hall–Kier alpha value is -1.88. The molecule has 3 unspecified atom stereocenters. The lowest BCUT2D eigenvalue weighted by Crippen LogP contribution is -2.53. The first-order valence-electron chi connectivity index (χ1n) is 8.15. The van der Waals surface area contributed by atoms with E-state index >= 15 is 0 Å². The van der Waals surface area contributed by atoms with Gasteiger partial charge in [0.25, 0.3) is 0 Å². The van der Waals surface area contributed by atoms with Gasteiger partial charge in [0.15, 0.2) is 0 Å². The minimum atomic E-state index is -0.502. The Labute approximate surface area is 137 Å². The number of amides is 1. The number of nitrogens with one attached hydrogen (secondary N) is 1. The van der Waals surface area contributed by atoms with Gasteiger partial charge in [-0.05, 0) is 25.3 Å². The van der Waals surface area contributed by atoms with E-state index in [9.17, 15) is 9.59 Å². The third-order valence-corrected chi connectivity index (χ3v) is 4.74. The molecule has 3 N–H and O–H groups in total. The van der Waals surface area contributed by atoms with Crippen molar-refractivity contribution in [2.24, 2.45) is 11.7 Å². The van der Waals surface area contributed by atoms with Crippen molar-refractivity contribution < 1.29 is 14.3 Å². The largest absolute Gasteiger partial charge is 0.468 e. The van der Waals surface area contributed by atoms with Crippen LogP contribution in [0.1, 0.15) is 44.1 Å². The second-order valence-electron chi connectivity index (χ2n) is 6.54. The van der Waals surface area contributed by atoms with Crippen molar-refractivity contribution in [3.63, 3.8) is 0 Å². The normalized spacial score (nSPS) is 25.4. The van der Waals surface area contributed by atoms with Crippen molar-refractivity contribution in [3.8, 4) is 0 Å². The monoisotopic (exact) mass is 318 g/mol. The standard InChI is InChI=1S/C18H26N2O3/c1-18(19)11-7-6-10-15(18)16(21)20-12-14(17(22)23-2)13-8-4-3-5-9-13/h3-5,8-9,14-15H,6-7,10-12,19H2,1-2H3,(H,20,21). The molecule has 0 heterocycles. The zero-order valence-corrected chi connectivity index (χ0v) is 13.9. The summed E-state index contributed by atoms with van der Waals surface area (Å²) in [6, 6.07) is 9.34. The quantitative estimate of drug-likeness (QED) is 0.813. The molecule has 5 nitrogen and oxygen atoms in total. The van der Waals surface area contributed by atoms with Gasteiger partial charge in [0, 0.05) is 12.1 Å². The molecule has 1 aromatic rings. The average molecular weight is 318 g/mol. The van der Waals surface area contributed by atoms with Gasteiger partial charge in [-0.15, -0.1) is 0 Å². The van der Waals surface area contributed by atoms with Crippen LogP contribution in [0.2, 0.25) is 0 Å². The second-order valence-corrected chi connectivity index (χ2v) is 6.54. The Morgan fingerprint density at radius 1 is 1.35 bits per heavy atom. The van der Waals surface area contributed by atoms with Crippen LogP contribution in [0, 0.1) is 5.92 Å². The van der Waals surface area contributed by atoms with E-state index in [4.69, 9.17) is 10.5 Å². The van der Waals surface area contributed by atoms with Gasteiger partial charge < -0.3 is 15.8 Å². The van der Waals surface area contributed by atoms with E-state index in [2.05, 4.69) is 5.32 Å². The van der Waals surface area contributed by atoms with Gasteiger partial charge in [-0.1, -0.05) is 43.2 Å². The molecule has 3 atom stereocenters. The second kappa shape index (κ2) is 7.59. The molecule has 5 heteroatoms. The third kappa shape index (κ3) is 4.32. The van der Waals surface area contributed by atoms with Gasteiger partial charge in [0.1, 0.15) is 0 Å². The number of hydrogen-bond donors (Lipinski definition) is 2. The van der Waals surface area contributed by atoms with Crippen LogP contribution in [0.5, 0.6) is 0 Å². The van der Waals surface area contributed by atoms with Gasteiger partial charge in [-0.2, -0.15) is 0 Å². The first kappa shape index (κ1) is 17.5. The average Bonchev–Trinajstić information content (AvgIpc) is 2.55. The van der Waals surface area contributed by atoms with Crippen molar-refractivity contribution in [1.82, 2.24) is 5.32 Å². The van der Waals surface area contributed by atoms with E-state index in [1.807, 2.05) is 37.3 Å². The molecule has 1 fully saturated rings. The van der Waals surface area contributed by atoms with Crippen LogP contribution in [-0.4, -0.2) is 31.1 Å². The lowest BCUT2D eigenvalue weighted by molar-refractivity contribution is -0.142. The number of benzene rings is 1. The number of carbonyl (C=O) groups excluding carboxylic acids is 2. The fraction of sp³-hybridized carbons (Fsp3) is 0.556. The maximum absolute atomic E-state index is 12.5. The van der Waals surface area contributed by atoms with E-state index in [0.29, 0.717) is 0 Å². The van der Waals surface area contributed by atoms with Crippen molar-refractivity contribution in [2.45, 2.75) is 44.1 Å². The number of ether oxygens (including phenoxy) is 1. The minimum Gasteiger partial charge on any atom is -0.468 e. The van der Waals surface area contributed by atoms with Gasteiger partial charge in [0.2, 0.25) is 5.91 Å². The molecule has 23 heavy (non-hydrogen) atoms. The SMILES string of the molecule is COC(=O)C(CNC(=O)C1CCCCC1(C)N)c1ccccc1. The van der Waals surface area contributed by atoms with Crippen LogP contribution in [-0.2, 0) is 14.3 Å². The van der Waals surface area contributed by atoms with Crippen molar-refractivity contribution in [2.75, 3.05) is 13.7 Å². The summed E-state index contributed by atoms with van der Waals surface area (Å²) in [6.45, 7) is 2.16. The van der Waals surface area contributed by atoms with Crippen molar-refractivity contribution in [1.29, 1.82) is 0 Å². The maximum Gasteiger partial charge on any atom is 0.314 e. The third-order valence-electron chi connectivity index (χ3n) is 4.74. The minimum absolute atomic E-state index is 0.0699. The van der Waals surface area contributed by atoms with Gasteiger partial charge >= 0.3 is 5.97 Å². The number of carbonyl (C=O) groups is 2. The molecule has 0 radical (unpaired) electrons. The molecule has 1 amide bonds. The Morgan fingerprint density at radius 2 is 2.04 bits per heavy atom. The Morgan fingerprint density at radius 3 is 2.65 bits per heavy atom. The van der Waals surface area contributed by atoms with E-state index < -0.39 is 11.5 Å². The zero-order chi connectivity index (χ0) is 16.9. The molecule has 2 rings (SSSR count). The van der Waals surface area contributed by atoms with Crippen LogP contribution in [0.3, 0.4) is 0 Å². The summed E-state index contributed by atoms with van der Waals surface area (Å²) in [7, 11) is 1.36. The van der Waals surface area contributed by atoms with Crippen LogP contribution in [0.15, 0.2) is 30.3 Å². The molecule has 0 bridgehead atoms. The van der Waals surface area contributed by atoms with Crippen LogP contribution in [0.4, 0.5) is 0 Å². The first-order chi connectivity index (χ1) is 11.0. The maximum atomic E-state index is 12.5. The topological polar surface area (TPSA) is 81.4 Å². The summed E-state index contributed by atoms with van der Waals surface area (Å²) >= 11 is 0. The summed E-state index contributed by atoms with van der Waals surface area (Å²) in [5, 5.41) is 2.90. The lowest BCUT2D eigenvalue weighted by atomic mass is 9.74. The Bertz CT molecular complexity index is 542. The summed E-state index contributed by atoms with van der Waals surface area (Å²) in [6.07, 6.45) is 3.73. The van der Waals surface area contributed by atoms with E-state index in [0.717, 1.165) is 31.2 Å². The number of hydrogen-bond acceptors (Lipinski definition) is 4. The van der Waals surface area contributed by atoms with Gasteiger partial charge in [-0.25, -0.2) is 0 Å². The molecule has 1 saturated carbocycles. The number of nitrogens with two attached hydrogens (primary N) is 1. The molecule has 1 aliphatic rings. The number of rotatable bonds is 5. The van der Waals surface area contributed by atoms with Crippen LogP contribution < -0.4 is 11.1 Å². The van der Waals surface area contributed by atoms with E-state index in [1.54, 1.807) is 0 Å². The molecule has 1 aromatic carbocycles. The lowest BCUT2D eigenvalue weighted by Gasteiger charge is -2.37. The fourth-order valence-electron chi connectivity index (χ4n) is 3.28. The predicted octanol–water partition coefficient (Wildman–Crippen LogP) is 1.97.